The van der Waals surface area contributed by atoms with Gasteiger partial charge in [-0.05, 0) is 60.7 Å². The molecule has 1 N–H and O–H groups in total. The summed E-state index contributed by atoms with van der Waals surface area (Å²) < 4.78 is 11.2. The van der Waals surface area contributed by atoms with Crippen molar-refractivity contribution in [1.29, 1.82) is 0 Å². The standard InChI is InChI=1S/C24H26N6O4S/c1-16-10-11-20(34-16)23-26-28-30(27-23)15-21(31)29(14-18-8-5-13-35-18)22(19-9-4-12-33-19)24(32)25-17-6-2-3-7-17/h4-5,8-13,17,22H,2-3,6-7,14-15H2,1H3,(H,25,32)/t22-/m1/s1. The summed E-state index contributed by atoms with van der Waals surface area (Å²) in [4.78, 5) is 30.8. The van der Waals surface area contributed by atoms with Gasteiger partial charge >= 0.3 is 0 Å². The molecule has 10 nitrogen and oxygen atoms in total. The maximum atomic E-state index is 13.6. The van der Waals surface area contributed by atoms with Crippen molar-refractivity contribution in [1.82, 2.24) is 30.4 Å². The Bertz CT molecular complexity index is 1260. The third kappa shape index (κ3) is 5.35. The van der Waals surface area contributed by atoms with E-state index in [-0.39, 0.29) is 36.8 Å². The average molecular weight is 495 g/mol. The molecule has 4 aromatic heterocycles. The molecule has 4 heterocycles. The van der Waals surface area contributed by atoms with Crippen molar-refractivity contribution < 1.29 is 18.4 Å². The molecule has 2 amide bonds. The van der Waals surface area contributed by atoms with Crippen molar-refractivity contribution in [2.75, 3.05) is 0 Å². The van der Waals surface area contributed by atoms with Crippen molar-refractivity contribution in [2.24, 2.45) is 0 Å². The molecule has 0 aliphatic heterocycles. The monoisotopic (exact) mass is 494 g/mol. The van der Waals surface area contributed by atoms with Crippen LogP contribution in [0.5, 0.6) is 0 Å². The number of nitrogens with one attached hydrogen (secondary N) is 1. The van der Waals surface area contributed by atoms with Crippen molar-refractivity contribution in [3.63, 3.8) is 0 Å². The number of aromatic nitrogens is 4. The van der Waals surface area contributed by atoms with Gasteiger partial charge in [0.2, 0.25) is 11.7 Å². The van der Waals surface area contributed by atoms with E-state index in [1.54, 1.807) is 24.3 Å². The van der Waals surface area contributed by atoms with Gasteiger partial charge in [0.1, 0.15) is 18.1 Å². The molecule has 1 aliphatic carbocycles. The first-order chi connectivity index (χ1) is 17.1. The van der Waals surface area contributed by atoms with Gasteiger partial charge in [-0.2, -0.15) is 4.80 Å². The number of carbonyl (C=O) groups excluding carboxylic acids is 2. The molecule has 11 heteroatoms. The first-order valence-corrected chi connectivity index (χ1v) is 12.4. The number of tetrazole rings is 1. The SMILES string of the molecule is Cc1ccc(-c2nnn(CC(=O)N(Cc3cccs3)[C@@H](C(=O)NC3CCCC3)c3ccco3)n2)o1. The summed E-state index contributed by atoms with van der Waals surface area (Å²) >= 11 is 1.52. The van der Waals surface area contributed by atoms with E-state index in [0.29, 0.717) is 11.5 Å². The highest BCUT2D eigenvalue weighted by Gasteiger charge is 2.35. The Hall–Kier alpha value is -3.73. The van der Waals surface area contributed by atoms with E-state index >= 15 is 0 Å². The molecule has 1 saturated carbocycles. The van der Waals surface area contributed by atoms with E-state index in [0.717, 1.165) is 36.3 Å². The van der Waals surface area contributed by atoms with Crippen molar-refractivity contribution in [3.05, 3.63) is 64.4 Å². The highest BCUT2D eigenvalue weighted by molar-refractivity contribution is 7.09. The lowest BCUT2D eigenvalue weighted by atomic mass is 10.1. The summed E-state index contributed by atoms with van der Waals surface area (Å²) in [6.07, 6.45) is 5.56. The molecule has 5 rings (SSSR count). The number of amides is 2. The number of hydrogen-bond donors (Lipinski definition) is 1. The van der Waals surface area contributed by atoms with E-state index in [2.05, 4.69) is 20.7 Å². The second kappa shape index (κ2) is 10.3. The molecule has 0 unspecified atom stereocenters. The summed E-state index contributed by atoms with van der Waals surface area (Å²) in [6, 6.07) is 10.0. The zero-order chi connectivity index (χ0) is 24.2. The van der Waals surface area contributed by atoms with Crippen LogP contribution in [0.15, 0.2) is 56.9 Å². The molecule has 0 spiro atoms. The van der Waals surface area contributed by atoms with Crippen LogP contribution in [0.1, 0.15) is 48.1 Å². The van der Waals surface area contributed by atoms with Gasteiger partial charge in [0.05, 0.1) is 12.8 Å². The summed E-state index contributed by atoms with van der Waals surface area (Å²) in [5.41, 5.74) is 0. The van der Waals surface area contributed by atoms with Crippen LogP contribution in [-0.2, 0) is 22.7 Å². The Balaban J connectivity index is 1.41. The number of thiophene rings is 1. The van der Waals surface area contributed by atoms with Gasteiger partial charge in [0.25, 0.3) is 5.91 Å². The number of hydrogen-bond acceptors (Lipinski definition) is 8. The van der Waals surface area contributed by atoms with E-state index in [9.17, 15) is 9.59 Å². The predicted molar refractivity (Wildman–Crippen MR) is 127 cm³/mol. The second-order valence-corrected chi connectivity index (χ2v) is 9.59. The molecule has 35 heavy (non-hydrogen) atoms. The summed E-state index contributed by atoms with van der Waals surface area (Å²) in [6.45, 7) is 1.89. The van der Waals surface area contributed by atoms with Crippen LogP contribution in [-0.4, -0.2) is 43.0 Å². The third-order valence-corrected chi connectivity index (χ3v) is 6.85. The normalized spacial score (nSPS) is 14.8. The summed E-state index contributed by atoms with van der Waals surface area (Å²) in [7, 11) is 0. The van der Waals surface area contributed by atoms with Gasteiger partial charge in [-0.1, -0.05) is 18.9 Å². The maximum absolute atomic E-state index is 13.6. The lowest BCUT2D eigenvalue weighted by Gasteiger charge is -2.30. The molecule has 4 aromatic rings. The quantitative estimate of drug-likeness (QED) is 0.377. The molecule has 1 atom stereocenters. The Morgan fingerprint density at radius 1 is 1.23 bits per heavy atom. The van der Waals surface area contributed by atoms with Crippen LogP contribution in [0, 0.1) is 6.92 Å². The summed E-state index contributed by atoms with van der Waals surface area (Å²) in [5, 5.41) is 17.4. The van der Waals surface area contributed by atoms with Crippen LogP contribution in [0.3, 0.4) is 0 Å². The van der Waals surface area contributed by atoms with Crippen LogP contribution in [0.4, 0.5) is 0 Å². The first kappa shape index (κ1) is 23.0. The number of carbonyl (C=O) groups is 2. The summed E-state index contributed by atoms with van der Waals surface area (Å²) in [5.74, 6) is 1.31. The Morgan fingerprint density at radius 2 is 2.09 bits per heavy atom. The van der Waals surface area contributed by atoms with Gasteiger partial charge in [0.15, 0.2) is 11.8 Å². The van der Waals surface area contributed by atoms with Gasteiger partial charge in [0, 0.05) is 10.9 Å². The molecule has 0 aromatic carbocycles. The van der Waals surface area contributed by atoms with Gasteiger partial charge in [-0.25, -0.2) is 0 Å². The Labute approximate surface area is 205 Å². The zero-order valence-corrected chi connectivity index (χ0v) is 20.1. The fourth-order valence-electron chi connectivity index (χ4n) is 4.29. The zero-order valence-electron chi connectivity index (χ0n) is 19.3. The van der Waals surface area contributed by atoms with Gasteiger partial charge in [-0.3, -0.25) is 9.59 Å². The lowest BCUT2D eigenvalue weighted by molar-refractivity contribution is -0.143. The molecule has 0 saturated heterocycles. The smallest absolute Gasteiger partial charge is 0.250 e. The molecule has 1 aliphatic rings. The Kier molecular flexibility index (Phi) is 6.75. The molecular formula is C24H26N6O4S. The predicted octanol–water partition coefficient (Wildman–Crippen LogP) is 3.72. The minimum absolute atomic E-state index is 0.106. The largest absolute Gasteiger partial charge is 0.467 e. The first-order valence-electron chi connectivity index (χ1n) is 11.6. The van der Waals surface area contributed by atoms with E-state index in [4.69, 9.17) is 8.83 Å². The van der Waals surface area contributed by atoms with Crippen LogP contribution in [0.2, 0.25) is 0 Å². The van der Waals surface area contributed by atoms with E-state index in [1.807, 2.05) is 24.4 Å². The fraction of sp³-hybridized carbons (Fsp3) is 0.375. The highest BCUT2D eigenvalue weighted by atomic mass is 32.1. The van der Waals surface area contributed by atoms with Crippen molar-refractivity contribution >= 4 is 23.2 Å². The van der Waals surface area contributed by atoms with Gasteiger partial charge in [-0.15, -0.1) is 21.5 Å². The second-order valence-electron chi connectivity index (χ2n) is 8.56. The van der Waals surface area contributed by atoms with Crippen LogP contribution >= 0.6 is 11.3 Å². The van der Waals surface area contributed by atoms with Crippen molar-refractivity contribution in [2.45, 2.75) is 57.8 Å². The molecule has 0 radical (unpaired) electrons. The van der Waals surface area contributed by atoms with Crippen LogP contribution in [0.25, 0.3) is 11.6 Å². The van der Waals surface area contributed by atoms with Crippen molar-refractivity contribution in [3.8, 4) is 11.6 Å². The maximum Gasteiger partial charge on any atom is 0.250 e. The van der Waals surface area contributed by atoms with Gasteiger partial charge < -0.3 is 19.1 Å². The molecular weight excluding hydrogens is 468 g/mol. The molecule has 182 valence electrons. The lowest BCUT2D eigenvalue weighted by Crippen LogP contribution is -2.46. The average Bonchev–Trinajstić information content (AvgIpc) is 3.65. The van der Waals surface area contributed by atoms with E-state index in [1.165, 1.54) is 27.3 Å². The van der Waals surface area contributed by atoms with E-state index < -0.39 is 6.04 Å². The number of rotatable bonds is 9. The van der Waals surface area contributed by atoms with Crippen LogP contribution < -0.4 is 5.32 Å². The topological polar surface area (TPSA) is 119 Å². The number of nitrogens with zero attached hydrogens (tertiary/aromatic N) is 5. The Morgan fingerprint density at radius 3 is 2.77 bits per heavy atom. The number of furan rings is 2. The minimum atomic E-state index is -0.920. The highest BCUT2D eigenvalue weighted by Crippen LogP contribution is 2.27. The third-order valence-electron chi connectivity index (χ3n) is 5.99. The molecule has 1 fully saturated rings. The fourth-order valence-corrected chi connectivity index (χ4v) is 4.99. The molecule has 0 bridgehead atoms. The minimum Gasteiger partial charge on any atom is -0.467 e. The number of aryl methyl sites for hydroxylation is 1.